The van der Waals surface area contributed by atoms with Crippen molar-refractivity contribution in [3.63, 3.8) is 0 Å². The number of anilines is 1. The summed E-state index contributed by atoms with van der Waals surface area (Å²) in [5, 5.41) is 2.73. The van der Waals surface area contributed by atoms with Crippen LogP contribution in [-0.2, 0) is 17.9 Å². The molecule has 0 aliphatic heterocycles. The summed E-state index contributed by atoms with van der Waals surface area (Å²) in [7, 11) is 0. The average Bonchev–Trinajstić information content (AvgIpc) is 2.68. The molecule has 3 aromatic rings. The van der Waals surface area contributed by atoms with Crippen LogP contribution in [-0.4, -0.2) is 21.3 Å². The molecular formula is C20H19N3O3S. The SMILES string of the molecule is CSc1cccc(NC(=O)Cn2c(=O)ccn(Cc3ccccc3)c2=O)c1. The van der Waals surface area contributed by atoms with E-state index in [1.54, 1.807) is 17.8 Å². The third kappa shape index (κ3) is 4.77. The Morgan fingerprint density at radius 3 is 2.56 bits per heavy atom. The van der Waals surface area contributed by atoms with Crippen LogP contribution >= 0.6 is 11.8 Å². The van der Waals surface area contributed by atoms with Crippen molar-refractivity contribution in [2.75, 3.05) is 11.6 Å². The molecule has 1 aromatic heterocycles. The molecule has 0 aliphatic carbocycles. The van der Waals surface area contributed by atoms with Crippen LogP contribution in [0.25, 0.3) is 0 Å². The smallest absolute Gasteiger partial charge is 0.324 e. The molecule has 0 atom stereocenters. The molecule has 27 heavy (non-hydrogen) atoms. The van der Waals surface area contributed by atoms with Crippen molar-refractivity contribution in [3.8, 4) is 0 Å². The van der Waals surface area contributed by atoms with E-state index in [1.165, 1.54) is 16.8 Å². The second-order valence-electron chi connectivity index (χ2n) is 5.92. The first kappa shape index (κ1) is 18.7. The first-order valence-electron chi connectivity index (χ1n) is 8.35. The van der Waals surface area contributed by atoms with Crippen LogP contribution in [0, 0.1) is 0 Å². The van der Waals surface area contributed by atoms with Gasteiger partial charge in [-0.2, -0.15) is 0 Å². The first-order valence-corrected chi connectivity index (χ1v) is 9.57. The zero-order valence-electron chi connectivity index (χ0n) is 14.8. The van der Waals surface area contributed by atoms with E-state index in [2.05, 4.69) is 5.32 Å². The van der Waals surface area contributed by atoms with Crippen LogP contribution in [0.5, 0.6) is 0 Å². The molecule has 0 saturated heterocycles. The summed E-state index contributed by atoms with van der Waals surface area (Å²) >= 11 is 1.56. The minimum absolute atomic E-state index is 0.331. The molecule has 1 heterocycles. The van der Waals surface area contributed by atoms with Crippen molar-refractivity contribution in [3.05, 3.63) is 93.3 Å². The van der Waals surface area contributed by atoms with Gasteiger partial charge in [0.2, 0.25) is 5.91 Å². The van der Waals surface area contributed by atoms with Crippen LogP contribution < -0.4 is 16.6 Å². The molecule has 1 amide bonds. The molecule has 0 radical (unpaired) electrons. The number of thioether (sulfide) groups is 1. The minimum Gasteiger partial charge on any atom is -0.324 e. The highest BCUT2D eigenvalue weighted by Crippen LogP contribution is 2.18. The molecule has 7 heteroatoms. The Bertz CT molecular complexity index is 1060. The second kappa shape index (κ2) is 8.55. The Balaban J connectivity index is 1.79. The Kier molecular flexibility index (Phi) is 5.93. The molecule has 138 valence electrons. The molecule has 2 aromatic carbocycles. The molecule has 0 spiro atoms. The fraction of sp³-hybridized carbons (Fsp3) is 0.150. The Morgan fingerprint density at radius 2 is 1.81 bits per heavy atom. The van der Waals surface area contributed by atoms with E-state index in [0.29, 0.717) is 12.2 Å². The monoisotopic (exact) mass is 381 g/mol. The molecule has 1 N–H and O–H groups in total. The van der Waals surface area contributed by atoms with Gasteiger partial charge in [-0.3, -0.25) is 18.7 Å². The van der Waals surface area contributed by atoms with Gasteiger partial charge in [0, 0.05) is 22.8 Å². The van der Waals surface area contributed by atoms with Crippen molar-refractivity contribution >= 4 is 23.4 Å². The van der Waals surface area contributed by atoms with Crippen molar-refractivity contribution in [2.24, 2.45) is 0 Å². The fourth-order valence-corrected chi connectivity index (χ4v) is 3.11. The number of amides is 1. The highest BCUT2D eigenvalue weighted by atomic mass is 32.2. The predicted octanol–water partition coefficient (Wildman–Crippen LogP) is 2.42. The number of aromatic nitrogens is 2. The molecule has 0 aliphatic rings. The van der Waals surface area contributed by atoms with Gasteiger partial charge in [-0.15, -0.1) is 11.8 Å². The summed E-state index contributed by atoms with van der Waals surface area (Å²) in [5.74, 6) is -0.426. The number of rotatable bonds is 6. The third-order valence-corrected chi connectivity index (χ3v) is 4.72. The maximum atomic E-state index is 12.6. The normalized spacial score (nSPS) is 10.6. The van der Waals surface area contributed by atoms with E-state index in [4.69, 9.17) is 0 Å². The number of carbonyl (C=O) groups is 1. The quantitative estimate of drug-likeness (QED) is 0.666. The minimum atomic E-state index is -0.514. The molecule has 0 fully saturated rings. The maximum absolute atomic E-state index is 12.6. The molecule has 0 saturated carbocycles. The summed E-state index contributed by atoms with van der Waals surface area (Å²) in [6.45, 7) is -0.00582. The molecule has 6 nitrogen and oxygen atoms in total. The van der Waals surface area contributed by atoms with Crippen molar-refractivity contribution in [1.82, 2.24) is 9.13 Å². The third-order valence-electron chi connectivity index (χ3n) is 3.99. The number of carbonyl (C=O) groups excluding carboxylic acids is 1. The van der Waals surface area contributed by atoms with Gasteiger partial charge in [-0.1, -0.05) is 36.4 Å². The zero-order valence-corrected chi connectivity index (χ0v) is 15.6. The van der Waals surface area contributed by atoms with Gasteiger partial charge in [0.15, 0.2) is 0 Å². The van der Waals surface area contributed by atoms with E-state index in [9.17, 15) is 14.4 Å². The lowest BCUT2D eigenvalue weighted by atomic mass is 10.2. The van der Waals surface area contributed by atoms with Crippen LogP contribution in [0.1, 0.15) is 5.56 Å². The lowest BCUT2D eigenvalue weighted by molar-refractivity contribution is -0.116. The predicted molar refractivity (Wildman–Crippen MR) is 107 cm³/mol. The summed E-state index contributed by atoms with van der Waals surface area (Å²) in [5.41, 5.74) is 0.542. The summed E-state index contributed by atoms with van der Waals surface area (Å²) in [6.07, 6.45) is 3.40. The Labute approximate surface area is 160 Å². The summed E-state index contributed by atoms with van der Waals surface area (Å²) in [6, 6.07) is 18.1. The van der Waals surface area contributed by atoms with Crippen molar-refractivity contribution in [2.45, 2.75) is 18.0 Å². The summed E-state index contributed by atoms with van der Waals surface area (Å²) < 4.78 is 2.36. The number of benzene rings is 2. The summed E-state index contributed by atoms with van der Waals surface area (Å²) in [4.78, 5) is 38.1. The topological polar surface area (TPSA) is 73.1 Å². The van der Waals surface area contributed by atoms with Gasteiger partial charge in [0.1, 0.15) is 6.54 Å². The van der Waals surface area contributed by atoms with E-state index in [-0.39, 0.29) is 6.54 Å². The van der Waals surface area contributed by atoms with Crippen LogP contribution in [0.2, 0.25) is 0 Å². The number of hydrogen-bond donors (Lipinski definition) is 1. The fourth-order valence-electron chi connectivity index (χ4n) is 2.65. The van der Waals surface area contributed by atoms with E-state index < -0.39 is 17.2 Å². The van der Waals surface area contributed by atoms with Crippen LogP contribution in [0.3, 0.4) is 0 Å². The van der Waals surface area contributed by atoms with Gasteiger partial charge in [0.25, 0.3) is 5.56 Å². The molecular weight excluding hydrogens is 362 g/mol. The van der Waals surface area contributed by atoms with Gasteiger partial charge in [-0.05, 0) is 30.0 Å². The van der Waals surface area contributed by atoms with Gasteiger partial charge in [0.05, 0.1) is 6.54 Å². The highest BCUT2D eigenvalue weighted by molar-refractivity contribution is 7.98. The number of nitrogens with zero attached hydrogens (tertiary/aromatic N) is 2. The molecule has 3 rings (SSSR count). The largest absolute Gasteiger partial charge is 0.331 e. The van der Waals surface area contributed by atoms with E-state index in [0.717, 1.165) is 15.0 Å². The standard InChI is InChI=1S/C20H19N3O3S/c1-27-17-9-5-8-16(12-17)21-18(24)14-23-19(25)10-11-22(20(23)26)13-15-6-3-2-4-7-15/h2-12H,13-14H2,1H3,(H,21,24). The van der Waals surface area contributed by atoms with Crippen LogP contribution in [0.15, 0.2) is 81.3 Å². The van der Waals surface area contributed by atoms with Crippen LogP contribution in [0.4, 0.5) is 5.69 Å². The number of nitrogens with one attached hydrogen (secondary N) is 1. The van der Waals surface area contributed by atoms with Gasteiger partial charge in [-0.25, -0.2) is 4.79 Å². The lowest BCUT2D eigenvalue weighted by Crippen LogP contribution is -2.41. The maximum Gasteiger partial charge on any atom is 0.331 e. The van der Waals surface area contributed by atoms with E-state index in [1.807, 2.05) is 54.8 Å². The van der Waals surface area contributed by atoms with Crippen molar-refractivity contribution in [1.29, 1.82) is 0 Å². The van der Waals surface area contributed by atoms with Crippen molar-refractivity contribution < 1.29 is 4.79 Å². The van der Waals surface area contributed by atoms with Gasteiger partial charge >= 0.3 is 5.69 Å². The lowest BCUT2D eigenvalue weighted by Gasteiger charge is -2.11. The molecule has 0 unspecified atom stereocenters. The Hall–Kier alpha value is -3.06. The second-order valence-corrected chi connectivity index (χ2v) is 6.80. The first-order chi connectivity index (χ1) is 13.1. The Morgan fingerprint density at radius 1 is 1.04 bits per heavy atom. The average molecular weight is 381 g/mol. The van der Waals surface area contributed by atoms with E-state index >= 15 is 0 Å². The number of hydrogen-bond acceptors (Lipinski definition) is 4. The van der Waals surface area contributed by atoms with Gasteiger partial charge < -0.3 is 5.32 Å². The highest BCUT2D eigenvalue weighted by Gasteiger charge is 2.11. The zero-order chi connectivity index (χ0) is 19.2. The molecule has 0 bridgehead atoms.